The molecule has 2 heterocycles. The third-order valence-electron chi connectivity index (χ3n) is 2.99. The maximum Gasteiger partial charge on any atom is 0.296 e. The van der Waals surface area contributed by atoms with E-state index in [-0.39, 0.29) is 11.3 Å². The Kier molecular flexibility index (Phi) is 3.19. The van der Waals surface area contributed by atoms with Crippen LogP contribution < -0.4 is 5.56 Å². The predicted octanol–water partition coefficient (Wildman–Crippen LogP) is 1.35. The van der Waals surface area contributed by atoms with Gasteiger partial charge >= 0.3 is 0 Å². The van der Waals surface area contributed by atoms with Gasteiger partial charge in [-0.2, -0.15) is 9.61 Å². The van der Waals surface area contributed by atoms with Gasteiger partial charge in [0.1, 0.15) is 16.5 Å². The first-order valence-electron chi connectivity index (χ1n) is 6.14. The minimum absolute atomic E-state index is 0.236. The van der Waals surface area contributed by atoms with Gasteiger partial charge in [-0.05, 0) is 25.0 Å². The lowest BCUT2D eigenvalue weighted by molar-refractivity contribution is 0.468. The zero-order valence-corrected chi connectivity index (χ0v) is 11.6. The van der Waals surface area contributed by atoms with Gasteiger partial charge in [-0.3, -0.25) is 4.79 Å². The molecule has 0 atom stereocenters. The Balaban J connectivity index is 1.87. The van der Waals surface area contributed by atoms with Gasteiger partial charge in [0, 0.05) is 6.42 Å². The number of para-hydroxylation sites is 1. The molecular weight excluding hydrogens is 276 g/mol. The van der Waals surface area contributed by atoms with Crippen LogP contribution in [0, 0.1) is 6.92 Å². The van der Waals surface area contributed by atoms with E-state index in [0.717, 1.165) is 10.6 Å². The van der Waals surface area contributed by atoms with Crippen molar-refractivity contribution in [2.75, 3.05) is 0 Å². The van der Waals surface area contributed by atoms with Crippen molar-refractivity contribution in [1.29, 1.82) is 0 Å². The summed E-state index contributed by atoms with van der Waals surface area (Å²) in [6.07, 6.45) is 1.30. The molecule has 102 valence electrons. The Labute approximate surface area is 118 Å². The summed E-state index contributed by atoms with van der Waals surface area (Å²) in [5, 5.41) is 22.5. The minimum atomic E-state index is -0.236. The largest absolute Gasteiger partial charge is 0.508 e. The van der Waals surface area contributed by atoms with E-state index in [1.54, 1.807) is 19.1 Å². The highest BCUT2D eigenvalue weighted by Crippen LogP contribution is 2.19. The third kappa shape index (κ3) is 2.27. The molecule has 0 fully saturated rings. The molecule has 0 unspecified atom stereocenters. The SMILES string of the molecule is Cc1nnc2sc(CCc3ccccc3O)nn2c1=O. The van der Waals surface area contributed by atoms with Crippen LogP contribution in [0.5, 0.6) is 5.75 Å². The van der Waals surface area contributed by atoms with E-state index in [2.05, 4.69) is 15.3 Å². The van der Waals surface area contributed by atoms with E-state index >= 15 is 0 Å². The van der Waals surface area contributed by atoms with Crippen molar-refractivity contribution in [1.82, 2.24) is 19.8 Å². The van der Waals surface area contributed by atoms with Crippen molar-refractivity contribution < 1.29 is 5.11 Å². The number of phenolic OH excluding ortho intramolecular Hbond substituents is 1. The average molecular weight is 288 g/mol. The van der Waals surface area contributed by atoms with Crippen molar-refractivity contribution >= 4 is 16.3 Å². The van der Waals surface area contributed by atoms with Crippen LogP contribution in [-0.2, 0) is 12.8 Å². The third-order valence-corrected chi connectivity index (χ3v) is 3.95. The molecule has 0 bridgehead atoms. The van der Waals surface area contributed by atoms with Crippen molar-refractivity contribution in [2.24, 2.45) is 0 Å². The Hall–Kier alpha value is -2.28. The van der Waals surface area contributed by atoms with Gasteiger partial charge in [-0.15, -0.1) is 10.2 Å². The number of rotatable bonds is 3. The van der Waals surface area contributed by atoms with Gasteiger partial charge in [0.15, 0.2) is 0 Å². The Morgan fingerprint density at radius 2 is 2.05 bits per heavy atom. The van der Waals surface area contributed by atoms with E-state index < -0.39 is 0 Å². The molecule has 0 amide bonds. The number of aromatic hydroxyl groups is 1. The maximum absolute atomic E-state index is 11.8. The summed E-state index contributed by atoms with van der Waals surface area (Å²) in [6.45, 7) is 1.61. The molecule has 2 aromatic heterocycles. The number of phenols is 1. The molecule has 3 rings (SSSR count). The Morgan fingerprint density at radius 3 is 2.85 bits per heavy atom. The van der Waals surface area contributed by atoms with Crippen molar-refractivity contribution in [3.63, 3.8) is 0 Å². The van der Waals surface area contributed by atoms with Crippen LogP contribution in [0.1, 0.15) is 16.3 Å². The normalized spacial score (nSPS) is 11.1. The van der Waals surface area contributed by atoms with Gasteiger partial charge in [0.05, 0.1) is 0 Å². The molecule has 0 saturated heterocycles. The van der Waals surface area contributed by atoms with E-state index in [1.165, 1.54) is 15.9 Å². The Bertz CT molecular complexity index is 825. The van der Waals surface area contributed by atoms with E-state index in [1.807, 2.05) is 12.1 Å². The standard InChI is InChI=1S/C13H12N4O2S/c1-8-12(19)17-13(15-14-8)20-11(16-17)7-6-9-4-2-3-5-10(9)18/h2-5,18H,6-7H2,1H3. The van der Waals surface area contributed by atoms with Crippen LogP contribution in [0.15, 0.2) is 29.1 Å². The lowest BCUT2D eigenvalue weighted by Crippen LogP contribution is -2.19. The first-order valence-corrected chi connectivity index (χ1v) is 6.95. The van der Waals surface area contributed by atoms with Crippen LogP contribution in [0.2, 0.25) is 0 Å². The summed E-state index contributed by atoms with van der Waals surface area (Å²) >= 11 is 1.34. The van der Waals surface area contributed by atoms with Gasteiger partial charge in [-0.25, -0.2) is 0 Å². The molecule has 0 aliphatic carbocycles. The molecule has 1 aromatic carbocycles. The summed E-state index contributed by atoms with van der Waals surface area (Å²) < 4.78 is 1.28. The molecule has 0 aliphatic rings. The van der Waals surface area contributed by atoms with Crippen LogP contribution >= 0.6 is 11.3 Å². The average Bonchev–Trinajstić information content (AvgIpc) is 2.86. The monoisotopic (exact) mass is 288 g/mol. The quantitative estimate of drug-likeness (QED) is 0.786. The van der Waals surface area contributed by atoms with Crippen molar-refractivity contribution in [3.05, 3.63) is 50.9 Å². The second-order valence-electron chi connectivity index (χ2n) is 4.41. The molecule has 1 N–H and O–H groups in total. The van der Waals surface area contributed by atoms with Gasteiger partial charge in [0.2, 0.25) is 4.96 Å². The number of nitrogens with zero attached hydrogens (tertiary/aromatic N) is 4. The highest BCUT2D eigenvalue weighted by Gasteiger charge is 2.10. The Morgan fingerprint density at radius 1 is 1.25 bits per heavy atom. The van der Waals surface area contributed by atoms with Crippen LogP contribution in [0.25, 0.3) is 4.96 Å². The molecule has 0 radical (unpaired) electrons. The van der Waals surface area contributed by atoms with E-state index in [9.17, 15) is 9.90 Å². The molecule has 3 aromatic rings. The predicted molar refractivity (Wildman–Crippen MR) is 75.2 cm³/mol. The first kappa shape index (κ1) is 12.7. The van der Waals surface area contributed by atoms with Gasteiger partial charge in [-0.1, -0.05) is 29.5 Å². The van der Waals surface area contributed by atoms with Crippen LogP contribution in [0.3, 0.4) is 0 Å². The maximum atomic E-state index is 11.8. The number of aromatic nitrogens is 4. The highest BCUT2D eigenvalue weighted by molar-refractivity contribution is 7.16. The molecule has 0 saturated carbocycles. The number of aryl methyl sites for hydroxylation is 3. The molecule has 6 nitrogen and oxygen atoms in total. The second kappa shape index (κ2) is 5.01. The second-order valence-corrected chi connectivity index (χ2v) is 5.45. The van der Waals surface area contributed by atoms with Crippen LogP contribution in [0.4, 0.5) is 0 Å². The van der Waals surface area contributed by atoms with Gasteiger partial charge < -0.3 is 5.11 Å². The summed E-state index contributed by atoms with van der Waals surface area (Å²) in [7, 11) is 0. The lowest BCUT2D eigenvalue weighted by atomic mass is 10.1. The molecule has 0 aliphatic heterocycles. The number of hydrogen-bond donors (Lipinski definition) is 1. The molecular formula is C13H12N4O2S. The van der Waals surface area contributed by atoms with E-state index in [0.29, 0.717) is 23.5 Å². The lowest BCUT2D eigenvalue weighted by Gasteiger charge is -2.01. The molecule has 7 heteroatoms. The number of hydrogen-bond acceptors (Lipinski definition) is 6. The van der Waals surface area contributed by atoms with E-state index in [4.69, 9.17) is 0 Å². The summed E-state index contributed by atoms with van der Waals surface area (Å²) in [5.41, 5.74) is 0.960. The topological polar surface area (TPSA) is 80.4 Å². The fraction of sp³-hybridized carbons (Fsp3) is 0.231. The molecule has 0 spiro atoms. The fourth-order valence-electron chi connectivity index (χ4n) is 1.90. The zero-order chi connectivity index (χ0) is 14.1. The zero-order valence-electron chi connectivity index (χ0n) is 10.8. The van der Waals surface area contributed by atoms with Crippen molar-refractivity contribution in [3.8, 4) is 5.75 Å². The number of fused-ring (bicyclic) bond motifs is 1. The van der Waals surface area contributed by atoms with Crippen LogP contribution in [-0.4, -0.2) is 24.9 Å². The fourth-order valence-corrected chi connectivity index (χ4v) is 2.73. The number of benzene rings is 1. The molecule has 20 heavy (non-hydrogen) atoms. The highest BCUT2D eigenvalue weighted by atomic mass is 32.1. The summed E-state index contributed by atoms with van der Waals surface area (Å²) in [4.78, 5) is 12.3. The first-order chi connectivity index (χ1) is 9.65. The van der Waals surface area contributed by atoms with Crippen molar-refractivity contribution in [2.45, 2.75) is 19.8 Å². The summed E-state index contributed by atoms with van der Waals surface area (Å²) in [5.74, 6) is 0.279. The summed E-state index contributed by atoms with van der Waals surface area (Å²) in [6, 6.07) is 7.20. The smallest absolute Gasteiger partial charge is 0.296 e. The van der Waals surface area contributed by atoms with Gasteiger partial charge in [0.25, 0.3) is 5.56 Å². The minimum Gasteiger partial charge on any atom is -0.508 e.